The van der Waals surface area contributed by atoms with Gasteiger partial charge in [-0.05, 0) is 37.9 Å². The Balaban J connectivity index is 2.25. The van der Waals surface area contributed by atoms with Crippen LogP contribution in [0, 0.1) is 6.92 Å². The lowest BCUT2D eigenvalue weighted by Crippen LogP contribution is -2.13. The van der Waals surface area contributed by atoms with Gasteiger partial charge in [-0.1, -0.05) is 36.4 Å². The Hall–Kier alpha value is -1.31. The molecule has 0 saturated heterocycles. The van der Waals surface area contributed by atoms with E-state index in [-0.39, 0.29) is 0 Å². The first-order chi connectivity index (χ1) is 7.72. The van der Waals surface area contributed by atoms with Crippen LogP contribution in [-0.4, -0.2) is 12.7 Å². The zero-order valence-electron chi connectivity index (χ0n) is 9.88. The summed E-state index contributed by atoms with van der Waals surface area (Å²) in [5.74, 6) is 0. The molecule has 16 heavy (non-hydrogen) atoms. The van der Waals surface area contributed by atoms with Gasteiger partial charge in [0, 0.05) is 6.54 Å². The maximum atomic E-state index is 13.4. The minimum absolute atomic E-state index is 0.553. The van der Waals surface area contributed by atoms with Crippen LogP contribution in [-0.2, 0) is 6.42 Å². The fraction of sp³-hybridized carbons (Fsp3) is 0.429. The van der Waals surface area contributed by atoms with Crippen LogP contribution in [0.15, 0.2) is 37.0 Å². The molecule has 88 valence electrons. The molecule has 0 heterocycles. The van der Waals surface area contributed by atoms with Gasteiger partial charge in [0.2, 0.25) is 0 Å². The molecule has 1 unspecified atom stereocenters. The monoisotopic (exact) mass is 221 g/mol. The highest BCUT2D eigenvalue weighted by Gasteiger charge is 2.05. The molecule has 1 aromatic rings. The summed E-state index contributed by atoms with van der Waals surface area (Å²) in [7, 11) is 0. The van der Waals surface area contributed by atoms with Gasteiger partial charge in [0.25, 0.3) is 0 Å². The van der Waals surface area contributed by atoms with Crippen LogP contribution in [0.25, 0.3) is 0 Å². The van der Waals surface area contributed by atoms with E-state index < -0.39 is 6.17 Å². The summed E-state index contributed by atoms with van der Waals surface area (Å²) in [6, 6.07) is 8.26. The molecular formula is C14H20FN. The predicted molar refractivity (Wildman–Crippen MR) is 67.2 cm³/mol. The van der Waals surface area contributed by atoms with Gasteiger partial charge in [0.05, 0.1) is 0 Å². The van der Waals surface area contributed by atoms with Crippen LogP contribution in [0.1, 0.15) is 24.0 Å². The lowest BCUT2D eigenvalue weighted by molar-refractivity contribution is 0.296. The maximum Gasteiger partial charge on any atom is 0.102 e. The Morgan fingerprint density at radius 3 is 2.94 bits per heavy atom. The molecule has 0 fully saturated rings. The minimum Gasteiger partial charge on any atom is -0.391 e. The van der Waals surface area contributed by atoms with Crippen LogP contribution in [0.2, 0.25) is 0 Å². The fourth-order valence-corrected chi connectivity index (χ4v) is 1.68. The van der Waals surface area contributed by atoms with Crippen molar-refractivity contribution in [2.75, 3.05) is 6.54 Å². The van der Waals surface area contributed by atoms with E-state index in [9.17, 15) is 4.39 Å². The lowest BCUT2D eigenvalue weighted by atomic mass is 10.0. The van der Waals surface area contributed by atoms with Crippen molar-refractivity contribution in [3.63, 3.8) is 0 Å². The second-order valence-electron chi connectivity index (χ2n) is 4.07. The number of hydrogen-bond donors (Lipinski definition) is 1. The third-order valence-electron chi connectivity index (χ3n) is 2.57. The number of halogens is 1. The number of nitrogens with one attached hydrogen (secondary N) is 1. The van der Waals surface area contributed by atoms with Crippen molar-refractivity contribution in [2.24, 2.45) is 0 Å². The Morgan fingerprint density at radius 2 is 2.25 bits per heavy atom. The van der Waals surface area contributed by atoms with E-state index in [2.05, 4.69) is 37.0 Å². The zero-order chi connectivity index (χ0) is 11.8. The summed E-state index contributed by atoms with van der Waals surface area (Å²) in [6.07, 6.45) is 2.84. The van der Waals surface area contributed by atoms with Gasteiger partial charge in [-0.15, -0.1) is 0 Å². The molecule has 1 aromatic carbocycles. The van der Waals surface area contributed by atoms with Gasteiger partial charge in [0.1, 0.15) is 6.17 Å². The summed E-state index contributed by atoms with van der Waals surface area (Å²) in [4.78, 5) is 0. The van der Waals surface area contributed by atoms with E-state index in [4.69, 9.17) is 0 Å². The molecule has 0 radical (unpaired) electrons. The fourth-order valence-electron chi connectivity index (χ4n) is 1.68. The van der Waals surface area contributed by atoms with Crippen molar-refractivity contribution in [1.82, 2.24) is 5.32 Å². The van der Waals surface area contributed by atoms with E-state index in [0.717, 1.165) is 6.42 Å². The Labute approximate surface area is 97.4 Å². The van der Waals surface area contributed by atoms with Crippen LogP contribution in [0.3, 0.4) is 0 Å². The zero-order valence-corrected chi connectivity index (χ0v) is 9.88. The Morgan fingerprint density at radius 1 is 1.44 bits per heavy atom. The standard InChI is InChI=1S/C14H20FN/c1-3-16-10-9-14(15)8-7-13-6-4-5-12(2)11-13/h3-6,11,14,16H,1,7-10H2,2H3. The molecule has 0 aromatic heterocycles. The highest BCUT2D eigenvalue weighted by atomic mass is 19.1. The molecule has 0 spiro atoms. The van der Waals surface area contributed by atoms with Gasteiger partial charge in [-0.2, -0.15) is 0 Å². The molecule has 1 N–H and O–H groups in total. The van der Waals surface area contributed by atoms with E-state index in [1.807, 2.05) is 6.07 Å². The third kappa shape index (κ3) is 4.96. The van der Waals surface area contributed by atoms with Crippen molar-refractivity contribution in [3.8, 4) is 0 Å². The maximum absolute atomic E-state index is 13.4. The quantitative estimate of drug-likeness (QED) is 0.696. The number of aryl methyl sites for hydroxylation is 2. The lowest BCUT2D eigenvalue weighted by Gasteiger charge is -2.08. The van der Waals surface area contributed by atoms with Crippen molar-refractivity contribution in [3.05, 3.63) is 48.2 Å². The topological polar surface area (TPSA) is 12.0 Å². The van der Waals surface area contributed by atoms with E-state index >= 15 is 0 Å². The van der Waals surface area contributed by atoms with E-state index in [0.29, 0.717) is 19.4 Å². The van der Waals surface area contributed by atoms with Gasteiger partial charge < -0.3 is 5.32 Å². The number of alkyl halides is 1. The second-order valence-corrected chi connectivity index (χ2v) is 4.07. The highest BCUT2D eigenvalue weighted by Crippen LogP contribution is 2.11. The summed E-state index contributed by atoms with van der Waals surface area (Å²) in [5, 5.41) is 2.91. The molecule has 0 bridgehead atoms. The molecule has 0 aliphatic heterocycles. The SMILES string of the molecule is C=CNCCC(F)CCc1cccc(C)c1. The van der Waals surface area contributed by atoms with E-state index in [1.165, 1.54) is 11.1 Å². The molecule has 0 saturated carbocycles. The molecule has 0 aliphatic rings. The van der Waals surface area contributed by atoms with Crippen LogP contribution in [0.5, 0.6) is 0 Å². The van der Waals surface area contributed by atoms with Crippen LogP contribution >= 0.6 is 0 Å². The number of hydrogen-bond acceptors (Lipinski definition) is 1. The Kier molecular flexibility index (Phi) is 5.62. The smallest absolute Gasteiger partial charge is 0.102 e. The molecule has 2 heteroatoms. The molecule has 1 nitrogen and oxygen atoms in total. The normalized spacial score (nSPS) is 12.1. The molecule has 0 aliphatic carbocycles. The van der Waals surface area contributed by atoms with Gasteiger partial charge in [-0.3, -0.25) is 0 Å². The summed E-state index contributed by atoms with van der Waals surface area (Å²) >= 11 is 0. The molecule has 0 amide bonds. The van der Waals surface area contributed by atoms with Gasteiger partial charge in [0.15, 0.2) is 0 Å². The van der Waals surface area contributed by atoms with Gasteiger partial charge >= 0.3 is 0 Å². The first-order valence-electron chi connectivity index (χ1n) is 5.76. The first-order valence-corrected chi connectivity index (χ1v) is 5.76. The average molecular weight is 221 g/mol. The van der Waals surface area contributed by atoms with Crippen LogP contribution in [0.4, 0.5) is 4.39 Å². The first kappa shape index (κ1) is 12.8. The minimum atomic E-state index is -0.729. The third-order valence-corrected chi connectivity index (χ3v) is 2.57. The van der Waals surface area contributed by atoms with Crippen molar-refractivity contribution in [1.29, 1.82) is 0 Å². The summed E-state index contributed by atoms with van der Waals surface area (Å²) < 4.78 is 13.4. The number of benzene rings is 1. The number of rotatable bonds is 7. The molecule has 1 atom stereocenters. The van der Waals surface area contributed by atoms with Crippen LogP contribution < -0.4 is 5.32 Å². The highest BCUT2D eigenvalue weighted by molar-refractivity contribution is 5.22. The largest absolute Gasteiger partial charge is 0.391 e. The predicted octanol–water partition coefficient (Wildman–Crippen LogP) is 3.39. The molecular weight excluding hydrogens is 201 g/mol. The summed E-state index contributed by atoms with van der Waals surface area (Å²) in [5.41, 5.74) is 2.46. The summed E-state index contributed by atoms with van der Waals surface area (Å²) in [6.45, 7) is 6.25. The molecule has 1 rings (SSSR count). The Bertz CT molecular complexity index is 322. The van der Waals surface area contributed by atoms with Crippen molar-refractivity contribution < 1.29 is 4.39 Å². The average Bonchev–Trinajstić information content (AvgIpc) is 2.27. The second kappa shape index (κ2) is 7.04. The van der Waals surface area contributed by atoms with Crippen molar-refractivity contribution in [2.45, 2.75) is 32.4 Å². The van der Waals surface area contributed by atoms with E-state index in [1.54, 1.807) is 6.20 Å². The van der Waals surface area contributed by atoms with Crippen molar-refractivity contribution >= 4 is 0 Å². The van der Waals surface area contributed by atoms with Gasteiger partial charge in [-0.25, -0.2) is 4.39 Å².